The standard InChI is InChI=1S/C17H25N3O2S/c1-18-8-10-19(11-9-18)13-17(22)6-7-20(14-17)16(21)5-4-15-3-2-12-23-15/h2-5,12,22H,6-11,13-14H2,1H3/b5-4+. The third-order valence-electron chi connectivity index (χ3n) is 4.69. The molecule has 2 fully saturated rings. The van der Waals surface area contributed by atoms with Gasteiger partial charge in [-0.1, -0.05) is 6.07 Å². The van der Waals surface area contributed by atoms with Crippen molar-refractivity contribution in [2.24, 2.45) is 0 Å². The lowest BCUT2D eigenvalue weighted by atomic mass is 10.0. The predicted molar refractivity (Wildman–Crippen MR) is 93.4 cm³/mol. The Kier molecular flexibility index (Phi) is 5.16. The van der Waals surface area contributed by atoms with E-state index in [1.54, 1.807) is 22.3 Å². The minimum absolute atomic E-state index is 0.00676. The number of β-amino-alcohol motifs (C(OH)–C–C–N with tert-alkyl or cyclic N) is 1. The van der Waals surface area contributed by atoms with Crippen LogP contribution in [0.5, 0.6) is 0 Å². The zero-order valence-electron chi connectivity index (χ0n) is 13.6. The maximum atomic E-state index is 12.3. The van der Waals surface area contributed by atoms with Gasteiger partial charge >= 0.3 is 0 Å². The Labute approximate surface area is 141 Å². The molecule has 0 spiro atoms. The van der Waals surface area contributed by atoms with Crippen molar-refractivity contribution in [3.05, 3.63) is 28.5 Å². The molecule has 1 unspecified atom stereocenters. The van der Waals surface area contributed by atoms with Gasteiger partial charge < -0.3 is 14.9 Å². The molecule has 5 nitrogen and oxygen atoms in total. The van der Waals surface area contributed by atoms with Gasteiger partial charge in [-0.25, -0.2) is 0 Å². The van der Waals surface area contributed by atoms with Crippen LogP contribution in [0.3, 0.4) is 0 Å². The fourth-order valence-corrected chi connectivity index (χ4v) is 3.86. The number of hydrogen-bond donors (Lipinski definition) is 1. The molecule has 6 heteroatoms. The van der Waals surface area contributed by atoms with E-state index in [0.29, 0.717) is 26.1 Å². The lowest BCUT2D eigenvalue weighted by molar-refractivity contribution is -0.126. The van der Waals surface area contributed by atoms with Crippen molar-refractivity contribution in [1.29, 1.82) is 0 Å². The number of aliphatic hydroxyl groups is 1. The van der Waals surface area contributed by atoms with Gasteiger partial charge in [-0.05, 0) is 31.0 Å². The number of amides is 1. The Morgan fingerprint density at radius 3 is 2.83 bits per heavy atom. The molecule has 0 aromatic carbocycles. The summed E-state index contributed by atoms with van der Waals surface area (Å²) in [5, 5.41) is 12.8. The van der Waals surface area contributed by atoms with E-state index in [1.807, 2.05) is 23.6 Å². The summed E-state index contributed by atoms with van der Waals surface area (Å²) in [5.74, 6) is -0.00676. The number of thiophene rings is 1. The highest BCUT2D eigenvalue weighted by atomic mass is 32.1. The Morgan fingerprint density at radius 2 is 2.13 bits per heavy atom. The van der Waals surface area contributed by atoms with Gasteiger partial charge in [0.1, 0.15) is 0 Å². The highest BCUT2D eigenvalue weighted by Crippen LogP contribution is 2.23. The van der Waals surface area contributed by atoms with Crippen molar-refractivity contribution in [2.45, 2.75) is 12.0 Å². The number of carbonyl (C=O) groups excluding carboxylic acids is 1. The minimum atomic E-state index is -0.762. The molecular formula is C17H25N3O2S. The van der Waals surface area contributed by atoms with E-state index in [1.165, 1.54) is 0 Å². The molecular weight excluding hydrogens is 310 g/mol. The van der Waals surface area contributed by atoms with Crippen molar-refractivity contribution in [1.82, 2.24) is 14.7 Å². The topological polar surface area (TPSA) is 47.0 Å². The predicted octanol–water partition coefficient (Wildman–Crippen LogP) is 0.972. The number of rotatable bonds is 4. The summed E-state index contributed by atoms with van der Waals surface area (Å²) in [6, 6.07) is 3.96. The first-order chi connectivity index (χ1) is 11.0. The lowest BCUT2D eigenvalue weighted by Gasteiger charge is -2.36. The molecule has 1 N–H and O–H groups in total. The van der Waals surface area contributed by atoms with E-state index >= 15 is 0 Å². The van der Waals surface area contributed by atoms with Crippen molar-refractivity contribution < 1.29 is 9.90 Å². The number of likely N-dealkylation sites (tertiary alicyclic amines) is 1. The maximum absolute atomic E-state index is 12.3. The SMILES string of the molecule is CN1CCN(CC2(O)CCN(C(=O)/C=C/c3cccs3)C2)CC1. The summed E-state index contributed by atoms with van der Waals surface area (Å²) in [6.45, 7) is 5.81. The van der Waals surface area contributed by atoms with E-state index in [2.05, 4.69) is 16.8 Å². The molecule has 0 saturated carbocycles. The van der Waals surface area contributed by atoms with E-state index in [4.69, 9.17) is 0 Å². The summed E-state index contributed by atoms with van der Waals surface area (Å²) in [7, 11) is 2.13. The normalized spacial score (nSPS) is 27.1. The number of carbonyl (C=O) groups is 1. The molecule has 1 aromatic heterocycles. The van der Waals surface area contributed by atoms with Crippen LogP contribution in [0.1, 0.15) is 11.3 Å². The van der Waals surface area contributed by atoms with Crippen LogP contribution in [0.2, 0.25) is 0 Å². The zero-order chi connectivity index (χ0) is 16.3. The highest BCUT2D eigenvalue weighted by molar-refractivity contribution is 7.10. The first-order valence-corrected chi connectivity index (χ1v) is 9.06. The lowest BCUT2D eigenvalue weighted by Crippen LogP contribution is -2.52. The summed E-state index contributed by atoms with van der Waals surface area (Å²) in [5.41, 5.74) is -0.762. The molecule has 3 heterocycles. The van der Waals surface area contributed by atoms with Gasteiger partial charge in [-0.15, -0.1) is 11.3 Å². The van der Waals surface area contributed by atoms with E-state index < -0.39 is 5.60 Å². The van der Waals surface area contributed by atoms with Crippen LogP contribution in [0.15, 0.2) is 23.6 Å². The van der Waals surface area contributed by atoms with Crippen molar-refractivity contribution in [3.63, 3.8) is 0 Å². The van der Waals surface area contributed by atoms with Crippen LogP contribution >= 0.6 is 11.3 Å². The number of nitrogens with zero attached hydrogens (tertiary/aromatic N) is 3. The summed E-state index contributed by atoms with van der Waals surface area (Å²) < 4.78 is 0. The van der Waals surface area contributed by atoms with Crippen LogP contribution in [0.25, 0.3) is 6.08 Å². The highest BCUT2D eigenvalue weighted by Gasteiger charge is 2.39. The first kappa shape index (κ1) is 16.6. The smallest absolute Gasteiger partial charge is 0.246 e. The molecule has 1 aromatic rings. The van der Waals surface area contributed by atoms with Crippen LogP contribution in [-0.4, -0.2) is 84.2 Å². The molecule has 0 radical (unpaired) electrons. The molecule has 2 aliphatic rings. The molecule has 1 atom stereocenters. The second-order valence-corrected chi connectivity index (χ2v) is 7.64. The number of likely N-dealkylation sites (N-methyl/N-ethyl adjacent to an activating group) is 1. The third-order valence-corrected chi connectivity index (χ3v) is 5.53. The van der Waals surface area contributed by atoms with Gasteiger partial charge in [0.05, 0.1) is 12.1 Å². The van der Waals surface area contributed by atoms with Gasteiger partial charge in [0.2, 0.25) is 5.91 Å². The second kappa shape index (κ2) is 7.13. The monoisotopic (exact) mass is 335 g/mol. The van der Waals surface area contributed by atoms with Crippen LogP contribution in [0, 0.1) is 0 Å². The molecule has 3 rings (SSSR count). The molecule has 2 aliphatic heterocycles. The fraction of sp³-hybridized carbons (Fsp3) is 0.588. The van der Waals surface area contributed by atoms with E-state index in [0.717, 1.165) is 31.1 Å². The minimum Gasteiger partial charge on any atom is -0.387 e. The average Bonchev–Trinajstić information content (AvgIpc) is 3.17. The van der Waals surface area contributed by atoms with Crippen LogP contribution < -0.4 is 0 Å². The van der Waals surface area contributed by atoms with Crippen molar-refractivity contribution in [3.8, 4) is 0 Å². The Balaban J connectivity index is 1.51. The number of piperazine rings is 1. The first-order valence-electron chi connectivity index (χ1n) is 8.18. The van der Waals surface area contributed by atoms with Gasteiger partial charge in [-0.3, -0.25) is 9.69 Å². The van der Waals surface area contributed by atoms with Gasteiger partial charge in [-0.2, -0.15) is 0 Å². The Hall–Kier alpha value is -1.21. The fourth-order valence-electron chi connectivity index (χ4n) is 3.24. The van der Waals surface area contributed by atoms with Gasteiger partial charge in [0.15, 0.2) is 0 Å². The Morgan fingerprint density at radius 1 is 1.35 bits per heavy atom. The van der Waals surface area contributed by atoms with Crippen molar-refractivity contribution in [2.75, 3.05) is 52.9 Å². The van der Waals surface area contributed by atoms with Crippen molar-refractivity contribution >= 4 is 23.3 Å². The second-order valence-electron chi connectivity index (χ2n) is 6.66. The third kappa shape index (κ3) is 4.41. The molecule has 126 valence electrons. The van der Waals surface area contributed by atoms with Gasteiger partial charge in [0.25, 0.3) is 0 Å². The summed E-state index contributed by atoms with van der Waals surface area (Å²) >= 11 is 1.61. The molecule has 2 saturated heterocycles. The van der Waals surface area contributed by atoms with Crippen LogP contribution in [-0.2, 0) is 4.79 Å². The molecule has 1 amide bonds. The molecule has 23 heavy (non-hydrogen) atoms. The quantitative estimate of drug-likeness (QED) is 0.833. The van der Waals surface area contributed by atoms with Gasteiger partial charge in [0, 0.05) is 50.2 Å². The largest absolute Gasteiger partial charge is 0.387 e. The Bertz CT molecular complexity index is 552. The maximum Gasteiger partial charge on any atom is 0.246 e. The zero-order valence-corrected chi connectivity index (χ0v) is 14.5. The summed E-state index contributed by atoms with van der Waals surface area (Å²) in [6.07, 6.45) is 4.14. The van der Waals surface area contributed by atoms with Crippen LogP contribution in [0.4, 0.5) is 0 Å². The molecule has 0 bridgehead atoms. The number of hydrogen-bond acceptors (Lipinski definition) is 5. The van der Waals surface area contributed by atoms with E-state index in [9.17, 15) is 9.90 Å². The van der Waals surface area contributed by atoms with E-state index in [-0.39, 0.29) is 5.91 Å². The molecule has 0 aliphatic carbocycles. The average molecular weight is 335 g/mol. The summed E-state index contributed by atoms with van der Waals surface area (Å²) in [4.78, 5) is 19.7.